The van der Waals surface area contributed by atoms with Gasteiger partial charge in [0.2, 0.25) is 0 Å². The Kier molecular flexibility index (Phi) is 4.12. The van der Waals surface area contributed by atoms with E-state index < -0.39 is 0 Å². The van der Waals surface area contributed by atoms with E-state index in [1.165, 1.54) is 11.1 Å². The predicted octanol–water partition coefficient (Wildman–Crippen LogP) is 3.98. The van der Waals surface area contributed by atoms with Crippen molar-refractivity contribution in [1.29, 1.82) is 0 Å². The maximum absolute atomic E-state index is 4.64. The van der Waals surface area contributed by atoms with Gasteiger partial charge in [-0.15, -0.1) is 0 Å². The molecule has 1 heterocycles. The molecule has 0 spiro atoms. The second kappa shape index (κ2) is 5.61. The van der Waals surface area contributed by atoms with Gasteiger partial charge in [-0.25, -0.2) is 4.98 Å². The topological polar surface area (TPSA) is 28.7 Å². The Labute approximate surface area is 114 Å². The van der Waals surface area contributed by atoms with Gasteiger partial charge in [0, 0.05) is 17.7 Å². The number of benzene rings is 1. The van der Waals surface area contributed by atoms with Crippen LogP contribution >= 0.6 is 12.6 Å². The minimum absolute atomic E-state index is 0.569. The largest absolute Gasteiger partial charge is 0.346 e. The maximum atomic E-state index is 4.64. The molecule has 0 aliphatic carbocycles. The predicted molar refractivity (Wildman–Crippen MR) is 80.4 cm³/mol. The first-order chi connectivity index (χ1) is 8.61. The van der Waals surface area contributed by atoms with Crippen LogP contribution in [0.25, 0.3) is 11.3 Å². The van der Waals surface area contributed by atoms with E-state index in [0.29, 0.717) is 5.92 Å². The Hall–Kier alpha value is -1.22. The molecule has 0 radical (unpaired) electrons. The van der Waals surface area contributed by atoms with E-state index >= 15 is 0 Å². The molecule has 0 atom stereocenters. The van der Waals surface area contributed by atoms with Crippen molar-refractivity contribution >= 4 is 12.6 Å². The van der Waals surface area contributed by atoms with E-state index in [-0.39, 0.29) is 0 Å². The highest BCUT2D eigenvalue weighted by Gasteiger charge is 2.09. The van der Waals surface area contributed by atoms with Crippen molar-refractivity contribution in [2.24, 2.45) is 0 Å². The van der Waals surface area contributed by atoms with Crippen molar-refractivity contribution in [1.82, 2.24) is 9.97 Å². The minimum atomic E-state index is 0.569. The first kappa shape index (κ1) is 13.2. The number of hydrogen-bond acceptors (Lipinski definition) is 2. The third kappa shape index (κ3) is 2.78. The minimum Gasteiger partial charge on any atom is -0.346 e. The van der Waals surface area contributed by atoms with E-state index in [1.807, 2.05) is 0 Å². The summed E-state index contributed by atoms with van der Waals surface area (Å²) in [5, 5.41) is 0. The molecule has 2 nitrogen and oxygen atoms in total. The molecule has 0 amide bonds. The lowest BCUT2D eigenvalue weighted by molar-refractivity contribution is 0.867. The summed E-state index contributed by atoms with van der Waals surface area (Å²) < 4.78 is 0. The first-order valence-electron chi connectivity index (χ1n) is 6.38. The average molecular weight is 260 g/mol. The first-order valence-corrected chi connectivity index (χ1v) is 7.01. The quantitative estimate of drug-likeness (QED) is 0.800. The van der Waals surface area contributed by atoms with Crippen molar-refractivity contribution in [2.75, 3.05) is 5.75 Å². The summed E-state index contributed by atoms with van der Waals surface area (Å²) in [5.41, 5.74) is 4.73. The van der Waals surface area contributed by atoms with Crippen molar-refractivity contribution in [3.63, 3.8) is 0 Å². The van der Waals surface area contributed by atoms with Crippen molar-refractivity contribution < 1.29 is 0 Å². The van der Waals surface area contributed by atoms with Crippen LogP contribution in [0.3, 0.4) is 0 Å². The number of rotatable bonds is 4. The molecule has 1 aromatic carbocycles. The summed E-state index contributed by atoms with van der Waals surface area (Å²) in [5.74, 6) is 2.41. The van der Waals surface area contributed by atoms with Crippen LogP contribution in [0.15, 0.2) is 24.3 Å². The molecule has 96 valence electrons. The molecule has 0 saturated heterocycles. The average Bonchev–Trinajstić information content (AvgIpc) is 2.71. The van der Waals surface area contributed by atoms with Crippen LogP contribution in [0.1, 0.15) is 36.8 Å². The van der Waals surface area contributed by atoms with Crippen LogP contribution in [-0.4, -0.2) is 15.7 Å². The summed E-state index contributed by atoms with van der Waals surface area (Å²) in [6, 6.07) is 8.69. The maximum Gasteiger partial charge on any atom is 0.107 e. The Morgan fingerprint density at radius 1 is 1.22 bits per heavy atom. The molecule has 2 aromatic rings. The van der Waals surface area contributed by atoms with Gasteiger partial charge in [0.25, 0.3) is 0 Å². The van der Waals surface area contributed by atoms with E-state index in [9.17, 15) is 0 Å². The van der Waals surface area contributed by atoms with Crippen LogP contribution < -0.4 is 0 Å². The fourth-order valence-corrected chi connectivity index (χ4v) is 2.27. The van der Waals surface area contributed by atoms with Crippen LogP contribution in [0.5, 0.6) is 0 Å². The van der Waals surface area contributed by atoms with Gasteiger partial charge >= 0.3 is 0 Å². The lowest BCUT2D eigenvalue weighted by Gasteiger charge is -2.06. The van der Waals surface area contributed by atoms with Crippen LogP contribution in [0, 0.1) is 6.92 Å². The molecule has 1 N–H and O–H groups in total. The molecule has 0 bridgehead atoms. The van der Waals surface area contributed by atoms with Gasteiger partial charge in [-0.2, -0.15) is 12.6 Å². The van der Waals surface area contributed by atoms with Gasteiger partial charge in [0.1, 0.15) is 5.82 Å². The molecule has 0 aliphatic rings. The highest BCUT2D eigenvalue weighted by Crippen LogP contribution is 2.24. The van der Waals surface area contributed by atoms with Crippen molar-refractivity contribution in [3.8, 4) is 11.3 Å². The molecule has 3 heteroatoms. The zero-order valence-corrected chi connectivity index (χ0v) is 12.1. The highest BCUT2D eigenvalue weighted by atomic mass is 32.1. The van der Waals surface area contributed by atoms with Gasteiger partial charge in [-0.3, -0.25) is 0 Å². The number of imidazole rings is 1. The zero-order valence-electron chi connectivity index (χ0n) is 11.2. The van der Waals surface area contributed by atoms with Crippen LogP contribution in [0.4, 0.5) is 0 Å². The van der Waals surface area contributed by atoms with Crippen molar-refractivity contribution in [2.45, 2.75) is 33.1 Å². The second-order valence-corrected chi connectivity index (χ2v) is 5.35. The van der Waals surface area contributed by atoms with E-state index in [4.69, 9.17) is 0 Å². The molecular weight excluding hydrogens is 240 g/mol. The Morgan fingerprint density at radius 2 is 1.89 bits per heavy atom. The fourth-order valence-electron chi connectivity index (χ4n) is 2.05. The third-order valence-corrected chi connectivity index (χ3v) is 3.36. The lowest BCUT2D eigenvalue weighted by Crippen LogP contribution is -1.89. The number of aryl methyl sites for hydroxylation is 2. The van der Waals surface area contributed by atoms with E-state index in [1.54, 1.807) is 0 Å². The summed E-state index contributed by atoms with van der Waals surface area (Å²) in [6.45, 7) is 6.49. The van der Waals surface area contributed by atoms with Gasteiger partial charge in [-0.05, 0) is 24.2 Å². The number of nitrogens with zero attached hydrogens (tertiary/aromatic N) is 1. The van der Waals surface area contributed by atoms with Crippen LogP contribution in [0.2, 0.25) is 0 Å². The number of hydrogen-bond donors (Lipinski definition) is 2. The SMILES string of the molecule is Cc1[nH]c(CCS)nc1-c1ccc(C(C)C)cc1. The molecular formula is C15H20N2S. The number of aromatic amines is 1. The van der Waals surface area contributed by atoms with E-state index in [0.717, 1.165) is 29.4 Å². The molecule has 0 unspecified atom stereocenters. The number of aromatic nitrogens is 2. The summed E-state index contributed by atoms with van der Waals surface area (Å²) in [4.78, 5) is 7.96. The smallest absolute Gasteiger partial charge is 0.107 e. The summed E-state index contributed by atoms with van der Waals surface area (Å²) in [6.07, 6.45) is 0.883. The number of nitrogens with one attached hydrogen (secondary N) is 1. The van der Waals surface area contributed by atoms with E-state index in [2.05, 4.69) is 67.6 Å². The van der Waals surface area contributed by atoms with Crippen molar-refractivity contribution in [3.05, 3.63) is 41.3 Å². The number of H-pyrrole nitrogens is 1. The lowest BCUT2D eigenvalue weighted by atomic mass is 10.0. The molecule has 2 rings (SSSR count). The fraction of sp³-hybridized carbons (Fsp3) is 0.400. The second-order valence-electron chi connectivity index (χ2n) is 4.91. The van der Waals surface area contributed by atoms with Crippen LogP contribution in [-0.2, 0) is 6.42 Å². The Morgan fingerprint density at radius 3 is 2.44 bits per heavy atom. The molecule has 0 fully saturated rings. The monoisotopic (exact) mass is 260 g/mol. The summed E-state index contributed by atoms with van der Waals surface area (Å²) >= 11 is 4.24. The van der Waals surface area contributed by atoms with Gasteiger partial charge < -0.3 is 4.98 Å². The zero-order chi connectivity index (χ0) is 13.1. The van der Waals surface area contributed by atoms with Gasteiger partial charge in [0.15, 0.2) is 0 Å². The highest BCUT2D eigenvalue weighted by molar-refractivity contribution is 7.80. The standard InChI is InChI=1S/C15H20N2S/c1-10(2)12-4-6-13(7-5-12)15-11(3)16-14(17-15)8-9-18/h4-7,10,18H,8-9H2,1-3H3,(H,16,17). The number of thiol groups is 1. The summed E-state index contributed by atoms with van der Waals surface area (Å²) in [7, 11) is 0. The third-order valence-electron chi connectivity index (χ3n) is 3.13. The molecule has 0 saturated carbocycles. The molecule has 1 aromatic heterocycles. The molecule has 0 aliphatic heterocycles. The Bertz CT molecular complexity index is 512. The van der Waals surface area contributed by atoms with Gasteiger partial charge in [0.05, 0.1) is 5.69 Å². The molecule has 18 heavy (non-hydrogen) atoms. The normalized spacial score (nSPS) is 11.2. The van der Waals surface area contributed by atoms with Gasteiger partial charge in [-0.1, -0.05) is 38.1 Å². The Balaban J connectivity index is 2.30.